The summed E-state index contributed by atoms with van der Waals surface area (Å²) in [5.41, 5.74) is 5.56. The van der Waals surface area contributed by atoms with E-state index in [4.69, 9.17) is 17.3 Å². The summed E-state index contributed by atoms with van der Waals surface area (Å²) in [6.45, 7) is 0. The number of halogens is 2. The van der Waals surface area contributed by atoms with Crippen LogP contribution in [0.2, 0.25) is 5.02 Å². The van der Waals surface area contributed by atoms with Crippen molar-refractivity contribution >= 4 is 17.3 Å². The predicted octanol–water partition coefficient (Wildman–Crippen LogP) is 2.43. The van der Waals surface area contributed by atoms with Gasteiger partial charge in [0, 0.05) is 11.3 Å². The number of benzene rings is 1. The fourth-order valence-corrected chi connectivity index (χ4v) is 1.92. The summed E-state index contributed by atoms with van der Waals surface area (Å²) in [6, 6.07) is 2.58. The van der Waals surface area contributed by atoms with Crippen molar-refractivity contribution in [1.82, 2.24) is 0 Å². The number of aliphatic hydroxyl groups is 1. The van der Waals surface area contributed by atoms with Crippen molar-refractivity contribution in [2.24, 2.45) is 0 Å². The summed E-state index contributed by atoms with van der Waals surface area (Å²) in [6.07, 6.45) is 2.22. The first kappa shape index (κ1) is 9.74. The number of nitrogen functional groups attached to an aromatic ring is 1. The Hall–Kier alpha value is -0.800. The lowest BCUT2D eigenvalue weighted by molar-refractivity contribution is -0.0383. The Labute approximate surface area is 86.5 Å². The van der Waals surface area contributed by atoms with Crippen LogP contribution in [0.25, 0.3) is 0 Å². The highest BCUT2D eigenvalue weighted by Crippen LogP contribution is 2.44. The monoisotopic (exact) mass is 215 g/mol. The molecule has 1 aliphatic rings. The van der Waals surface area contributed by atoms with E-state index in [1.807, 2.05) is 0 Å². The first-order valence-electron chi connectivity index (χ1n) is 4.50. The second-order valence-corrected chi connectivity index (χ2v) is 4.15. The highest BCUT2D eigenvalue weighted by Gasteiger charge is 2.38. The zero-order valence-electron chi connectivity index (χ0n) is 7.56. The molecule has 76 valence electrons. The Morgan fingerprint density at radius 2 is 2.07 bits per heavy atom. The van der Waals surface area contributed by atoms with Gasteiger partial charge in [-0.2, -0.15) is 0 Å². The molecule has 4 heteroatoms. The van der Waals surface area contributed by atoms with Gasteiger partial charge in [-0.05, 0) is 31.4 Å². The van der Waals surface area contributed by atoms with Gasteiger partial charge in [-0.25, -0.2) is 4.39 Å². The van der Waals surface area contributed by atoms with Crippen molar-refractivity contribution in [2.45, 2.75) is 24.9 Å². The average molecular weight is 216 g/mol. The third kappa shape index (κ3) is 1.37. The van der Waals surface area contributed by atoms with E-state index in [0.717, 1.165) is 6.42 Å². The van der Waals surface area contributed by atoms with Gasteiger partial charge in [-0.15, -0.1) is 0 Å². The van der Waals surface area contributed by atoms with Crippen LogP contribution in [-0.4, -0.2) is 5.11 Å². The quantitative estimate of drug-likeness (QED) is 0.707. The van der Waals surface area contributed by atoms with Crippen molar-refractivity contribution in [3.05, 3.63) is 28.5 Å². The molecule has 2 nitrogen and oxygen atoms in total. The van der Waals surface area contributed by atoms with E-state index in [9.17, 15) is 9.50 Å². The van der Waals surface area contributed by atoms with Gasteiger partial charge in [-0.1, -0.05) is 11.6 Å². The van der Waals surface area contributed by atoms with Crippen LogP contribution in [0.3, 0.4) is 0 Å². The Bertz CT molecular complexity index is 377. The minimum absolute atomic E-state index is 0.00539. The van der Waals surface area contributed by atoms with Gasteiger partial charge in [0.15, 0.2) is 0 Å². The lowest BCUT2D eigenvalue weighted by Gasteiger charge is -2.37. The maximum absolute atomic E-state index is 13.2. The summed E-state index contributed by atoms with van der Waals surface area (Å²) in [7, 11) is 0. The van der Waals surface area contributed by atoms with Crippen molar-refractivity contribution in [3.8, 4) is 0 Å². The SMILES string of the molecule is Nc1cc(Cl)c(F)cc1C1(O)CCC1. The molecular weight excluding hydrogens is 205 g/mol. The molecule has 14 heavy (non-hydrogen) atoms. The average Bonchev–Trinajstić information content (AvgIpc) is 2.07. The number of rotatable bonds is 1. The Balaban J connectivity index is 2.48. The van der Waals surface area contributed by atoms with Crippen molar-refractivity contribution in [1.29, 1.82) is 0 Å². The highest BCUT2D eigenvalue weighted by molar-refractivity contribution is 6.31. The zero-order valence-corrected chi connectivity index (χ0v) is 8.31. The highest BCUT2D eigenvalue weighted by atomic mass is 35.5. The van der Waals surface area contributed by atoms with Crippen LogP contribution in [0, 0.1) is 5.82 Å². The minimum Gasteiger partial charge on any atom is -0.398 e. The van der Waals surface area contributed by atoms with Gasteiger partial charge >= 0.3 is 0 Å². The van der Waals surface area contributed by atoms with Crippen LogP contribution in [0.15, 0.2) is 12.1 Å². The maximum Gasteiger partial charge on any atom is 0.142 e. The van der Waals surface area contributed by atoms with Crippen LogP contribution in [-0.2, 0) is 5.60 Å². The number of nitrogens with two attached hydrogens (primary N) is 1. The Kier molecular flexibility index (Phi) is 2.16. The van der Waals surface area contributed by atoms with Crippen molar-refractivity contribution in [2.75, 3.05) is 5.73 Å². The van der Waals surface area contributed by atoms with Gasteiger partial charge in [0.2, 0.25) is 0 Å². The van der Waals surface area contributed by atoms with E-state index in [0.29, 0.717) is 24.1 Å². The number of anilines is 1. The van der Waals surface area contributed by atoms with E-state index < -0.39 is 11.4 Å². The molecule has 1 saturated carbocycles. The minimum atomic E-state index is -0.935. The van der Waals surface area contributed by atoms with Crippen LogP contribution in [0.5, 0.6) is 0 Å². The molecule has 0 spiro atoms. The molecule has 1 fully saturated rings. The van der Waals surface area contributed by atoms with Gasteiger partial charge in [0.05, 0.1) is 10.6 Å². The van der Waals surface area contributed by atoms with E-state index in [2.05, 4.69) is 0 Å². The molecule has 1 aromatic carbocycles. The normalized spacial score (nSPS) is 19.1. The first-order valence-corrected chi connectivity index (χ1v) is 4.88. The smallest absolute Gasteiger partial charge is 0.142 e. The van der Waals surface area contributed by atoms with Crippen molar-refractivity contribution in [3.63, 3.8) is 0 Å². The number of hydrogen-bond acceptors (Lipinski definition) is 2. The molecule has 0 saturated heterocycles. The topological polar surface area (TPSA) is 46.2 Å². The summed E-state index contributed by atoms with van der Waals surface area (Å²) in [4.78, 5) is 0. The predicted molar refractivity (Wildman–Crippen MR) is 53.6 cm³/mol. The summed E-state index contributed by atoms with van der Waals surface area (Å²) >= 11 is 5.56. The van der Waals surface area contributed by atoms with E-state index in [-0.39, 0.29) is 5.02 Å². The van der Waals surface area contributed by atoms with Crippen LogP contribution in [0.4, 0.5) is 10.1 Å². The molecule has 0 bridgehead atoms. The Morgan fingerprint density at radius 1 is 1.43 bits per heavy atom. The molecule has 0 radical (unpaired) electrons. The molecular formula is C10H11ClFNO. The summed E-state index contributed by atoms with van der Waals surface area (Å²) in [5.74, 6) is -0.531. The Morgan fingerprint density at radius 3 is 2.57 bits per heavy atom. The van der Waals surface area contributed by atoms with Gasteiger partial charge in [0.1, 0.15) is 5.82 Å². The molecule has 0 atom stereocenters. The van der Waals surface area contributed by atoms with Crippen LogP contribution >= 0.6 is 11.6 Å². The molecule has 0 unspecified atom stereocenters. The van der Waals surface area contributed by atoms with Gasteiger partial charge in [-0.3, -0.25) is 0 Å². The molecule has 0 amide bonds. The standard InChI is InChI=1S/C10H11ClFNO/c11-7-5-9(13)6(4-8(7)12)10(14)2-1-3-10/h4-5,14H,1-3,13H2. The van der Waals surface area contributed by atoms with Crippen molar-refractivity contribution < 1.29 is 9.50 Å². The molecule has 1 aromatic rings. The fraction of sp³-hybridized carbons (Fsp3) is 0.400. The first-order chi connectivity index (χ1) is 6.53. The van der Waals surface area contributed by atoms with E-state index in [1.54, 1.807) is 0 Å². The number of hydrogen-bond donors (Lipinski definition) is 2. The maximum atomic E-state index is 13.2. The third-order valence-electron chi connectivity index (χ3n) is 2.77. The lowest BCUT2D eigenvalue weighted by Crippen LogP contribution is -2.34. The molecule has 3 N–H and O–H groups in total. The molecule has 0 aliphatic heterocycles. The molecule has 0 heterocycles. The fourth-order valence-electron chi connectivity index (χ4n) is 1.75. The van der Waals surface area contributed by atoms with Crippen LogP contribution in [0.1, 0.15) is 24.8 Å². The lowest BCUT2D eigenvalue weighted by atomic mass is 9.74. The molecule has 2 rings (SSSR count). The molecule has 0 aromatic heterocycles. The zero-order chi connectivity index (χ0) is 10.3. The van der Waals surface area contributed by atoms with E-state index >= 15 is 0 Å². The third-order valence-corrected chi connectivity index (χ3v) is 3.06. The second-order valence-electron chi connectivity index (χ2n) is 3.74. The van der Waals surface area contributed by atoms with Gasteiger partial charge < -0.3 is 10.8 Å². The molecule has 1 aliphatic carbocycles. The summed E-state index contributed by atoms with van der Waals surface area (Å²) < 4.78 is 13.2. The second kappa shape index (κ2) is 3.11. The largest absolute Gasteiger partial charge is 0.398 e. The van der Waals surface area contributed by atoms with Gasteiger partial charge in [0.25, 0.3) is 0 Å². The van der Waals surface area contributed by atoms with E-state index in [1.165, 1.54) is 12.1 Å². The van der Waals surface area contributed by atoms with Crippen LogP contribution < -0.4 is 5.73 Å². The summed E-state index contributed by atoms with van der Waals surface area (Å²) in [5, 5.41) is 9.98.